The molecule has 2 heterocycles. The zero-order chi connectivity index (χ0) is 17.8. The minimum Gasteiger partial charge on any atom is -0.326 e. The second-order valence-corrected chi connectivity index (χ2v) is 5.98. The lowest BCUT2D eigenvalue weighted by molar-refractivity contribution is -0.116. The minimum atomic E-state index is -0.0290. The van der Waals surface area contributed by atoms with Crippen molar-refractivity contribution >= 4 is 11.6 Å². The van der Waals surface area contributed by atoms with Gasteiger partial charge in [0.1, 0.15) is 5.82 Å². The van der Waals surface area contributed by atoms with Crippen LogP contribution in [-0.2, 0) is 11.2 Å². The summed E-state index contributed by atoms with van der Waals surface area (Å²) >= 11 is 0. The Morgan fingerprint density at radius 2 is 1.84 bits per heavy atom. The lowest BCUT2D eigenvalue weighted by Crippen LogP contribution is -2.13. The van der Waals surface area contributed by atoms with Crippen molar-refractivity contribution in [1.29, 1.82) is 0 Å². The molecule has 1 aromatic carbocycles. The molecule has 0 aliphatic rings. The van der Waals surface area contributed by atoms with Crippen molar-refractivity contribution in [2.45, 2.75) is 33.6 Å². The molecule has 25 heavy (non-hydrogen) atoms. The Kier molecular flexibility index (Phi) is 4.88. The summed E-state index contributed by atoms with van der Waals surface area (Å²) in [6.45, 7) is 5.86. The van der Waals surface area contributed by atoms with Crippen LogP contribution in [0.4, 0.5) is 5.69 Å². The van der Waals surface area contributed by atoms with Gasteiger partial charge in [-0.05, 0) is 57.5 Å². The van der Waals surface area contributed by atoms with Crippen LogP contribution in [0.15, 0.2) is 42.9 Å². The second-order valence-electron chi connectivity index (χ2n) is 5.98. The van der Waals surface area contributed by atoms with Crippen LogP contribution in [0.1, 0.15) is 29.3 Å². The summed E-state index contributed by atoms with van der Waals surface area (Å²) in [6.07, 6.45) is 4.51. The molecule has 0 fully saturated rings. The molecule has 1 N–H and O–H groups in total. The fraction of sp³-hybridized carbons (Fsp3) is 0.263. The molecule has 3 rings (SSSR count). The van der Waals surface area contributed by atoms with Gasteiger partial charge in [-0.25, -0.2) is 15.0 Å². The third kappa shape index (κ3) is 4.09. The van der Waals surface area contributed by atoms with E-state index in [0.29, 0.717) is 12.8 Å². The van der Waals surface area contributed by atoms with E-state index in [4.69, 9.17) is 0 Å². The summed E-state index contributed by atoms with van der Waals surface area (Å²) in [5, 5.41) is 2.92. The van der Waals surface area contributed by atoms with E-state index >= 15 is 0 Å². The number of aromatic nitrogens is 4. The van der Waals surface area contributed by atoms with Crippen LogP contribution in [0.3, 0.4) is 0 Å². The summed E-state index contributed by atoms with van der Waals surface area (Å²) in [4.78, 5) is 24.8. The Morgan fingerprint density at radius 3 is 2.48 bits per heavy atom. The maximum Gasteiger partial charge on any atom is 0.224 e. The summed E-state index contributed by atoms with van der Waals surface area (Å²) in [7, 11) is 0. The first-order valence-corrected chi connectivity index (χ1v) is 8.22. The van der Waals surface area contributed by atoms with Crippen LogP contribution in [-0.4, -0.2) is 25.4 Å². The first kappa shape index (κ1) is 16.8. The fourth-order valence-corrected chi connectivity index (χ4v) is 2.57. The van der Waals surface area contributed by atoms with E-state index in [1.54, 1.807) is 6.20 Å². The molecule has 0 bridgehead atoms. The third-order valence-corrected chi connectivity index (χ3v) is 4.12. The average molecular weight is 335 g/mol. The molecule has 0 atom stereocenters. The number of hydrogen-bond acceptors (Lipinski definition) is 4. The van der Waals surface area contributed by atoms with E-state index in [-0.39, 0.29) is 5.91 Å². The number of nitrogens with one attached hydrogen (secondary N) is 1. The molecule has 128 valence electrons. The lowest BCUT2D eigenvalue weighted by Gasteiger charge is -2.08. The Labute approximate surface area is 147 Å². The number of aryl methyl sites for hydroxylation is 3. The number of rotatable bonds is 5. The summed E-state index contributed by atoms with van der Waals surface area (Å²) in [6, 6.07) is 9.58. The molecule has 3 aromatic rings. The maximum atomic E-state index is 12.1. The van der Waals surface area contributed by atoms with Crippen molar-refractivity contribution in [2.75, 3.05) is 5.32 Å². The van der Waals surface area contributed by atoms with Crippen molar-refractivity contribution in [3.05, 3.63) is 65.8 Å². The zero-order valence-electron chi connectivity index (χ0n) is 14.7. The molecule has 0 spiro atoms. The zero-order valence-corrected chi connectivity index (χ0v) is 14.7. The molecule has 0 saturated carbocycles. The lowest BCUT2D eigenvalue weighted by atomic mass is 10.2. The van der Waals surface area contributed by atoms with E-state index in [9.17, 15) is 4.79 Å². The van der Waals surface area contributed by atoms with Gasteiger partial charge in [-0.2, -0.15) is 0 Å². The molecule has 0 unspecified atom stereocenters. The molecule has 0 aliphatic heterocycles. The molecule has 6 heteroatoms. The van der Waals surface area contributed by atoms with Crippen LogP contribution in [0.25, 0.3) is 5.69 Å². The van der Waals surface area contributed by atoms with Crippen molar-refractivity contribution in [1.82, 2.24) is 19.5 Å². The van der Waals surface area contributed by atoms with Crippen molar-refractivity contribution in [2.24, 2.45) is 0 Å². The van der Waals surface area contributed by atoms with Gasteiger partial charge in [-0.3, -0.25) is 4.79 Å². The number of hydrogen-bond donors (Lipinski definition) is 1. The molecule has 6 nitrogen and oxygen atoms in total. The topological polar surface area (TPSA) is 72.7 Å². The molecule has 2 aromatic heterocycles. The van der Waals surface area contributed by atoms with Crippen LogP contribution in [0.5, 0.6) is 0 Å². The summed E-state index contributed by atoms with van der Waals surface area (Å²) < 4.78 is 2.03. The monoisotopic (exact) mass is 335 g/mol. The van der Waals surface area contributed by atoms with Crippen LogP contribution >= 0.6 is 0 Å². The largest absolute Gasteiger partial charge is 0.326 e. The highest BCUT2D eigenvalue weighted by Crippen LogP contribution is 2.17. The summed E-state index contributed by atoms with van der Waals surface area (Å²) in [5.74, 6) is 0.692. The van der Waals surface area contributed by atoms with E-state index in [2.05, 4.69) is 20.3 Å². The quantitative estimate of drug-likeness (QED) is 0.777. The predicted octanol–water partition coefficient (Wildman–Crippen LogP) is 3.16. The van der Waals surface area contributed by atoms with Crippen LogP contribution < -0.4 is 5.32 Å². The van der Waals surface area contributed by atoms with Gasteiger partial charge >= 0.3 is 0 Å². The Hall–Kier alpha value is -3.02. The van der Waals surface area contributed by atoms with Gasteiger partial charge in [0.05, 0.1) is 12.0 Å². The maximum absolute atomic E-state index is 12.1. The highest BCUT2D eigenvalue weighted by atomic mass is 16.1. The molecule has 0 radical (unpaired) electrons. The predicted molar refractivity (Wildman–Crippen MR) is 96.8 cm³/mol. The molecule has 0 aliphatic carbocycles. The standard InChI is InChI=1S/C19H21N5O/c1-13-14(2)24(12-21-13)18-7-4-16(5-8-18)23-19(25)9-6-17-10-11-20-15(3)22-17/h4-5,7-8,10-12H,6,9H2,1-3H3,(H,23,25). The number of carbonyl (C=O) groups is 1. The Bertz CT molecular complexity index is 883. The van der Waals surface area contributed by atoms with Crippen LogP contribution in [0.2, 0.25) is 0 Å². The summed E-state index contributed by atoms with van der Waals surface area (Å²) in [5.41, 5.74) is 4.80. The first-order chi connectivity index (χ1) is 12.0. The van der Waals surface area contributed by atoms with Crippen LogP contribution in [0, 0.1) is 20.8 Å². The highest BCUT2D eigenvalue weighted by Gasteiger charge is 2.07. The third-order valence-electron chi connectivity index (χ3n) is 4.12. The number of benzene rings is 1. The van der Waals surface area contributed by atoms with Gasteiger partial charge in [0.15, 0.2) is 0 Å². The Balaban J connectivity index is 1.59. The second kappa shape index (κ2) is 7.25. The van der Waals surface area contributed by atoms with E-state index in [1.807, 2.05) is 62.0 Å². The Morgan fingerprint density at radius 1 is 1.08 bits per heavy atom. The number of imidazole rings is 1. The molecular formula is C19H21N5O. The van der Waals surface area contributed by atoms with Gasteiger partial charge < -0.3 is 9.88 Å². The molecule has 0 saturated heterocycles. The minimum absolute atomic E-state index is 0.0290. The highest BCUT2D eigenvalue weighted by molar-refractivity contribution is 5.90. The smallest absolute Gasteiger partial charge is 0.224 e. The normalized spacial score (nSPS) is 10.7. The first-order valence-electron chi connectivity index (χ1n) is 8.22. The number of carbonyl (C=O) groups excluding carboxylic acids is 1. The van der Waals surface area contributed by atoms with Crippen molar-refractivity contribution in [3.8, 4) is 5.69 Å². The van der Waals surface area contributed by atoms with Gasteiger partial charge in [-0.1, -0.05) is 0 Å². The number of nitrogens with zero attached hydrogens (tertiary/aromatic N) is 4. The van der Waals surface area contributed by atoms with Gasteiger partial charge in [-0.15, -0.1) is 0 Å². The average Bonchev–Trinajstić information content (AvgIpc) is 2.93. The van der Waals surface area contributed by atoms with Gasteiger partial charge in [0.2, 0.25) is 5.91 Å². The number of amides is 1. The van der Waals surface area contributed by atoms with Gasteiger partial charge in [0.25, 0.3) is 0 Å². The van der Waals surface area contributed by atoms with Crippen molar-refractivity contribution in [3.63, 3.8) is 0 Å². The van der Waals surface area contributed by atoms with E-state index in [0.717, 1.165) is 34.3 Å². The number of anilines is 1. The van der Waals surface area contributed by atoms with Crippen molar-refractivity contribution < 1.29 is 4.79 Å². The molecule has 1 amide bonds. The SMILES string of the molecule is Cc1nccc(CCC(=O)Nc2ccc(-n3cnc(C)c3C)cc2)n1. The van der Waals surface area contributed by atoms with E-state index < -0.39 is 0 Å². The van der Waals surface area contributed by atoms with Gasteiger partial charge in [0, 0.05) is 35.4 Å². The molecular weight excluding hydrogens is 314 g/mol. The van der Waals surface area contributed by atoms with E-state index in [1.165, 1.54) is 0 Å². The fourth-order valence-electron chi connectivity index (χ4n) is 2.57.